The Morgan fingerprint density at radius 1 is 1.12 bits per heavy atom. The first-order valence-corrected chi connectivity index (χ1v) is 9.38. The summed E-state index contributed by atoms with van der Waals surface area (Å²) >= 11 is 0. The van der Waals surface area contributed by atoms with Gasteiger partial charge in [-0.1, -0.05) is 31.9 Å². The molecule has 1 fully saturated rings. The van der Waals surface area contributed by atoms with Crippen LogP contribution in [-0.2, 0) is 10.2 Å². The van der Waals surface area contributed by atoms with E-state index in [-0.39, 0.29) is 17.8 Å². The number of benzene rings is 2. The molecule has 26 heavy (non-hydrogen) atoms. The molecule has 1 amide bonds. The predicted molar refractivity (Wildman–Crippen MR) is 102 cm³/mol. The topological polar surface area (TPSA) is 38.3 Å². The highest BCUT2D eigenvalue weighted by atomic mass is 19.1. The van der Waals surface area contributed by atoms with Gasteiger partial charge in [0.25, 0.3) is 0 Å². The zero-order chi connectivity index (χ0) is 18.6. The van der Waals surface area contributed by atoms with E-state index in [0.29, 0.717) is 0 Å². The van der Waals surface area contributed by atoms with Crippen molar-refractivity contribution in [3.63, 3.8) is 0 Å². The molecule has 0 radical (unpaired) electrons. The molecule has 0 heterocycles. The van der Waals surface area contributed by atoms with Gasteiger partial charge >= 0.3 is 0 Å². The van der Waals surface area contributed by atoms with Crippen LogP contribution in [-0.4, -0.2) is 12.0 Å². The first-order chi connectivity index (χ1) is 12.5. The average Bonchev–Trinajstić information content (AvgIpc) is 3.15. The predicted octanol–water partition coefficient (Wildman–Crippen LogP) is 5.45. The van der Waals surface area contributed by atoms with E-state index in [0.717, 1.165) is 49.1 Å². The summed E-state index contributed by atoms with van der Waals surface area (Å²) in [6.45, 7) is 4.11. The summed E-state index contributed by atoms with van der Waals surface area (Å²) in [6.07, 6.45) is 4.70. The standard InChI is InChI=1S/C22H26FNO2/c1-3-16(2)26-20-12-10-19(11-13-20)24-21(25)22(14-4-5-15-22)17-6-8-18(23)9-7-17/h6-13,16H,3-5,14-15H2,1-2H3,(H,24,25)/t16-/m1/s1. The number of carbonyl (C=O) groups excluding carboxylic acids is 1. The van der Waals surface area contributed by atoms with Gasteiger partial charge in [0.1, 0.15) is 11.6 Å². The van der Waals surface area contributed by atoms with Gasteiger partial charge < -0.3 is 10.1 Å². The molecule has 0 aliphatic heterocycles. The SMILES string of the molecule is CC[C@@H](C)Oc1ccc(NC(=O)C2(c3ccc(F)cc3)CCCC2)cc1. The van der Waals surface area contributed by atoms with E-state index in [1.807, 2.05) is 31.2 Å². The van der Waals surface area contributed by atoms with Crippen LogP contribution >= 0.6 is 0 Å². The fraction of sp³-hybridized carbons (Fsp3) is 0.409. The van der Waals surface area contributed by atoms with Gasteiger partial charge in [-0.05, 0) is 68.1 Å². The number of nitrogens with one attached hydrogen (secondary N) is 1. The fourth-order valence-corrected chi connectivity index (χ4v) is 3.58. The number of amides is 1. The number of halogens is 1. The maximum Gasteiger partial charge on any atom is 0.235 e. The zero-order valence-electron chi connectivity index (χ0n) is 15.4. The van der Waals surface area contributed by atoms with Crippen molar-refractivity contribution in [3.05, 3.63) is 59.9 Å². The molecule has 0 saturated heterocycles. The van der Waals surface area contributed by atoms with E-state index < -0.39 is 5.41 Å². The van der Waals surface area contributed by atoms with Crippen LogP contribution in [0, 0.1) is 5.82 Å². The van der Waals surface area contributed by atoms with Crippen LogP contribution in [0.1, 0.15) is 51.5 Å². The molecular weight excluding hydrogens is 329 g/mol. The van der Waals surface area contributed by atoms with E-state index in [2.05, 4.69) is 12.2 Å². The molecule has 0 bridgehead atoms. The maximum absolute atomic E-state index is 13.3. The lowest BCUT2D eigenvalue weighted by Gasteiger charge is -2.28. The Bertz CT molecular complexity index is 734. The summed E-state index contributed by atoms with van der Waals surface area (Å²) in [6, 6.07) is 13.8. The zero-order valence-corrected chi connectivity index (χ0v) is 15.4. The molecule has 1 saturated carbocycles. The molecule has 1 aliphatic rings. The quantitative estimate of drug-likeness (QED) is 0.748. The van der Waals surface area contributed by atoms with E-state index >= 15 is 0 Å². The summed E-state index contributed by atoms with van der Waals surface area (Å²) in [5, 5.41) is 3.04. The first-order valence-electron chi connectivity index (χ1n) is 9.38. The summed E-state index contributed by atoms with van der Waals surface area (Å²) in [5.74, 6) is 0.503. The monoisotopic (exact) mass is 355 g/mol. The highest BCUT2D eigenvalue weighted by molar-refractivity contribution is 5.99. The van der Waals surface area contributed by atoms with E-state index in [9.17, 15) is 9.18 Å². The number of carbonyl (C=O) groups is 1. The summed E-state index contributed by atoms with van der Waals surface area (Å²) in [7, 11) is 0. The van der Waals surface area contributed by atoms with Gasteiger partial charge in [-0.2, -0.15) is 0 Å². The minimum absolute atomic E-state index is 0.0165. The Morgan fingerprint density at radius 2 is 1.73 bits per heavy atom. The fourth-order valence-electron chi connectivity index (χ4n) is 3.58. The minimum Gasteiger partial charge on any atom is -0.491 e. The van der Waals surface area contributed by atoms with Crippen LogP contribution in [0.5, 0.6) is 5.75 Å². The second kappa shape index (κ2) is 7.90. The molecule has 4 heteroatoms. The van der Waals surface area contributed by atoms with Crippen molar-refractivity contribution >= 4 is 11.6 Å². The van der Waals surface area contributed by atoms with E-state index in [1.54, 1.807) is 12.1 Å². The normalized spacial score (nSPS) is 16.9. The van der Waals surface area contributed by atoms with E-state index in [4.69, 9.17) is 4.74 Å². The Balaban J connectivity index is 1.75. The number of hydrogen-bond acceptors (Lipinski definition) is 2. The summed E-state index contributed by atoms with van der Waals surface area (Å²) < 4.78 is 19.1. The number of hydrogen-bond donors (Lipinski definition) is 1. The third-order valence-corrected chi connectivity index (χ3v) is 5.31. The third kappa shape index (κ3) is 3.90. The lowest BCUT2D eigenvalue weighted by atomic mass is 9.78. The number of rotatable bonds is 6. The molecule has 1 N–H and O–H groups in total. The molecule has 138 valence electrons. The number of ether oxygens (including phenoxy) is 1. The molecule has 2 aromatic rings. The Morgan fingerprint density at radius 3 is 2.31 bits per heavy atom. The van der Waals surface area contributed by atoms with Gasteiger partial charge in [0, 0.05) is 5.69 Å². The van der Waals surface area contributed by atoms with Crippen LogP contribution in [0.4, 0.5) is 10.1 Å². The average molecular weight is 355 g/mol. The second-order valence-electron chi connectivity index (χ2n) is 7.11. The molecule has 1 atom stereocenters. The largest absolute Gasteiger partial charge is 0.491 e. The van der Waals surface area contributed by atoms with Crippen LogP contribution in [0.15, 0.2) is 48.5 Å². The molecule has 0 spiro atoms. The summed E-state index contributed by atoms with van der Waals surface area (Å²) in [5.41, 5.74) is 1.07. The highest BCUT2D eigenvalue weighted by Gasteiger charge is 2.42. The molecule has 3 rings (SSSR count). The Hall–Kier alpha value is -2.36. The molecule has 2 aromatic carbocycles. The lowest BCUT2D eigenvalue weighted by molar-refractivity contribution is -0.121. The third-order valence-electron chi connectivity index (χ3n) is 5.31. The Kier molecular flexibility index (Phi) is 5.60. The second-order valence-corrected chi connectivity index (χ2v) is 7.11. The molecule has 1 aliphatic carbocycles. The smallest absolute Gasteiger partial charge is 0.235 e. The lowest BCUT2D eigenvalue weighted by Crippen LogP contribution is -2.38. The van der Waals surface area contributed by atoms with Crippen LogP contribution < -0.4 is 10.1 Å². The number of anilines is 1. The van der Waals surface area contributed by atoms with Crippen molar-refractivity contribution in [2.45, 2.75) is 57.5 Å². The van der Waals surface area contributed by atoms with Gasteiger partial charge in [0.05, 0.1) is 11.5 Å². The van der Waals surface area contributed by atoms with Crippen LogP contribution in [0.2, 0.25) is 0 Å². The van der Waals surface area contributed by atoms with Crippen molar-refractivity contribution in [2.75, 3.05) is 5.32 Å². The van der Waals surface area contributed by atoms with Crippen LogP contribution in [0.25, 0.3) is 0 Å². The van der Waals surface area contributed by atoms with Crippen molar-refractivity contribution in [3.8, 4) is 5.75 Å². The van der Waals surface area contributed by atoms with E-state index in [1.165, 1.54) is 12.1 Å². The van der Waals surface area contributed by atoms with Crippen molar-refractivity contribution < 1.29 is 13.9 Å². The molecular formula is C22H26FNO2. The first kappa shape index (κ1) is 18.4. The summed E-state index contributed by atoms with van der Waals surface area (Å²) in [4.78, 5) is 13.1. The van der Waals surface area contributed by atoms with Gasteiger partial charge in [-0.15, -0.1) is 0 Å². The molecule has 3 nitrogen and oxygen atoms in total. The van der Waals surface area contributed by atoms with Crippen molar-refractivity contribution in [1.29, 1.82) is 0 Å². The highest BCUT2D eigenvalue weighted by Crippen LogP contribution is 2.42. The van der Waals surface area contributed by atoms with Crippen LogP contribution in [0.3, 0.4) is 0 Å². The molecule has 0 unspecified atom stereocenters. The van der Waals surface area contributed by atoms with Gasteiger partial charge in [0.15, 0.2) is 0 Å². The Labute approximate surface area is 154 Å². The van der Waals surface area contributed by atoms with Crippen molar-refractivity contribution in [1.82, 2.24) is 0 Å². The molecule has 0 aromatic heterocycles. The van der Waals surface area contributed by atoms with Gasteiger partial charge in [-0.25, -0.2) is 4.39 Å². The minimum atomic E-state index is -0.570. The maximum atomic E-state index is 13.3. The van der Waals surface area contributed by atoms with Crippen molar-refractivity contribution in [2.24, 2.45) is 0 Å². The van der Waals surface area contributed by atoms with Gasteiger partial charge in [-0.3, -0.25) is 4.79 Å². The van der Waals surface area contributed by atoms with Gasteiger partial charge in [0.2, 0.25) is 5.91 Å².